The van der Waals surface area contributed by atoms with Gasteiger partial charge in [-0.3, -0.25) is 0 Å². The van der Waals surface area contributed by atoms with Gasteiger partial charge in [0.05, 0.1) is 17.1 Å². The number of benzene rings is 1. The summed E-state index contributed by atoms with van der Waals surface area (Å²) in [6, 6.07) is 6.75. The van der Waals surface area contributed by atoms with Crippen molar-refractivity contribution < 1.29 is 19.4 Å². The van der Waals surface area contributed by atoms with Gasteiger partial charge in [0.1, 0.15) is 5.75 Å². The number of carbonyl (C=O) groups excluding carboxylic acids is 1. The fraction of sp³-hybridized carbons (Fsp3) is 0.353. The van der Waals surface area contributed by atoms with Gasteiger partial charge < -0.3 is 19.5 Å². The number of halogens is 1. The smallest absolute Gasteiger partial charge is 0.508 e. The molecule has 3 unspecified atom stereocenters. The van der Waals surface area contributed by atoms with Crippen LogP contribution in [0.25, 0.3) is 0 Å². The highest BCUT2D eigenvalue weighted by molar-refractivity contribution is 9.12. The van der Waals surface area contributed by atoms with E-state index in [0.717, 1.165) is 10.0 Å². The molecule has 132 valence electrons. The Morgan fingerprint density at radius 3 is 2.76 bits per heavy atom. The highest BCUT2D eigenvalue weighted by Crippen LogP contribution is 2.39. The van der Waals surface area contributed by atoms with E-state index in [0.29, 0.717) is 5.96 Å². The van der Waals surface area contributed by atoms with E-state index in [4.69, 9.17) is 9.47 Å². The Bertz CT molecular complexity index is 745. The number of aromatic hydroxyl groups is 1. The predicted octanol–water partition coefficient (Wildman–Crippen LogP) is 3.56. The first-order valence-corrected chi connectivity index (χ1v) is 8.68. The summed E-state index contributed by atoms with van der Waals surface area (Å²) in [5, 5.41) is 9.56. The van der Waals surface area contributed by atoms with Crippen LogP contribution in [0.1, 0.15) is 25.5 Å². The van der Waals surface area contributed by atoms with Crippen molar-refractivity contribution in [1.82, 2.24) is 4.90 Å². The van der Waals surface area contributed by atoms with Gasteiger partial charge in [0.15, 0.2) is 0 Å². The van der Waals surface area contributed by atoms with E-state index in [1.54, 1.807) is 25.3 Å². The van der Waals surface area contributed by atoms with Crippen molar-refractivity contribution in [2.45, 2.75) is 26.1 Å². The van der Waals surface area contributed by atoms with E-state index < -0.39 is 12.4 Å². The van der Waals surface area contributed by atoms with Gasteiger partial charge in [0.25, 0.3) is 0 Å². The molecular weight excluding hydrogens is 390 g/mol. The van der Waals surface area contributed by atoms with Crippen molar-refractivity contribution in [3.8, 4) is 5.75 Å². The zero-order chi connectivity index (χ0) is 18.0. The molecule has 0 aromatic heterocycles. The fourth-order valence-corrected chi connectivity index (χ4v) is 3.20. The number of hydrogen-bond donors (Lipinski definition) is 1. The SMILES string of the molecule is CCOC(=O)OC1N=C2N=CC(Br)=CN2C(c2ccc(O)cc2)C1C. The van der Waals surface area contributed by atoms with Crippen LogP contribution in [0.4, 0.5) is 4.79 Å². The Kier molecular flexibility index (Phi) is 5.08. The second-order valence-corrected chi connectivity index (χ2v) is 6.61. The number of carbonyl (C=O) groups is 1. The van der Waals surface area contributed by atoms with Crippen LogP contribution in [0.3, 0.4) is 0 Å². The number of fused-ring (bicyclic) bond motifs is 1. The maximum atomic E-state index is 11.7. The lowest BCUT2D eigenvalue weighted by Crippen LogP contribution is -2.45. The molecule has 25 heavy (non-hydrogen) atoms. The molecule has 3 rings (SSSR count). The second kappa shape index (κ2) is 7.26. The molecule has 3 atom stereocenters. The van der Waals surface area contributed by atoms with Gasteiger partial charge >= 0.3 is 6.16 Å². The number of rotatable bonds is 3. The van der Waals surface area contributed by atoms with Crippen molar-refractivity contribution in [3.63, 3.8) is 0 Å². The minimum atomic E-state index is -0.752. The average Bonchev–Trinajstić information content (AvgIpc) is 2.57. The van der Waals surface area contributed by atoms with E-state index >= 15 is 0 Å². The summed E-state index contributed by atoms with van der Waals surface area (Å²) >= 11 is 3.43. The summed E-state index contributed by atoms with van der Waals surface area (Å²) in [6.07, 6.45) is 2.06. The Morgan fingerprint density at radius 2 is 2.08 bits per heavy atom. The van der Waals surface area contributed by atoms with E-state index in [9.17, 15) is 9.90 Å². The molecule has 0 amide bonds. The van der Waals surface area contributed by atoms with Crippen molar-refractivity contribution in [2.24, 2.45) is 15.9 Å². The number of phenolic OH excluding ortho intramolecular Hbond substituents is 1. The second-order valence-electron chi connectivity index (χ2n) is 5.70. The maximum absolute atomic E-state index is 11.7. The quantitative estimate of drug-likeness (QED) is 0.774. The lowest BCUT2D eigenvalue weighted by molar-refractivity contribution is -0.00716. The molecule has 2 aliphatic rings. The largest absolute Gasteiger partial charge is 0.510 e. The third-order valence-electron chi connectivity index (χ3n) is 4.00. The summed E-state index contributed by atoms with van der Waals surface area (Å²) in [7, 11) is 0. The summed E-state index contributed by atoms with van der Waals surface area (Å²) in [5.74, 6) is 0.477. The zero-order valence-corrected chi connectivity index (χ0v) is 15.4. The fourth-order valence-electron chi connectivity index (χ4n) is 2.88. The molecule has 0 radical (unpaired) electrons. The van der Waals surface area contributed by atoms with Crippen molar-refractivity contribution in [1.29, 1.82) is 0 Å². The van der Waals surface area contributed by atoms with Crippen LogP contribution >= 0.6 is 15.9 Å². The van der Waals surface area contributed by atoms with Crippen LogP contribution in [0.15, 0.2) is 44.9 Å². The Labute approximate surface area is 153 Å². The van der Waals surface area contributed by atoms with Crippen LogP contribution in [0.2, 0.25) is 0 Å². The van der Waals surface area contributed by atoms with Gasteiger partial charge in [-0.1, -0.05) is 19.1 Å². The van der Waals surface area contributed by atoms with Crippen LogP contribution in [0, 0.1) is 5.92 Å². The van der Waals surface area contributed by atoms with Crippen LogP contribution in [-0.2, 0) is 9.47 Å². The number of guanidine groups is 1. The number of hydrogen-bond acceptors (Lipinski definition) is 7. The first kappa shape index (κ1) is 17.5. The number of phenols is 1. The molecule has 1 aromatic rings. The molecule has 0 saturated carbocycles. The summed E-state index contributed by atoms with van der Waals surface area (Å²) in [4.78, 5) is 22.4. The topological polar surface area (TPSA) is 83.7 Å². The zero-order valence-electron chi connectivity index (χ0n) is 13.8. The third kappa shape index (κ3) is 3.68. The molecule has 0 fully saturated rings. The van der Waals surface area contributed by atoms with Crippen LogP contribution < -0.4 is 0 Å². The highest BCUT2D eigenvalue weighted by atomic mass is 79.9. The summed E-state index contributed by atoms with van der Waals surface area (Å²) in [6.45, 7) is 3.89. The summed E-state index contributed by atoms with van der Waals surface area (Å²) < 4.78 is 11.0. The number of allylic oxidation sites excluding steroid dienone is 1. The standard InChI is InChI=1S/C17H18BrN3O4/c1-3-24-17(23)25-15-10(2)14(11-4-6-13(22)7-5-11)21-9-12(18)8-19-16(21)20-15/h4-10,14-15,22H,3H2,1-2H3. The minimum absolute atomic E-state index is 0.164. The average molecular weight is 408 g/mol. The van der Waals surface area contributed by atoms with Gasteiger partial charge in [0, 0.05) is 18.3 Å². The number of ether oxygens (including phenoxy) is 2. The molecule has 8 heteroatoms. The van der Waals surface area contributed by atoms with Gasteiger partial charge in [0.2, 0.25) is 12.2 Å². The highest BCUT2D eigenvalue weighted by Gasteiger charge is 2.40. The molecule has 1 N–H and O–H groups in total. The van der Waals surface area contributed by atoms with Gasteiger partial charge in [-0.05, 0) is 40.5 Å². The predicted molar refractivity (Wildman–Crippen MR) is 96.7 cm³/mol. The van der Waals surface area contributed by atoms with Crippen molar-refractivity contribution in [3.05, 3.63) is 40.5 Å². The lowest BCUT2D eigenvalue weighted by Gasteiger charge is -2.41. The Morgan fingerprint density at radius 1 is 1.36 bits per heavy atom. The number of aliphatic imine (C=N–C) groups is 2. The monoisotopic (exact) mass is 407 g/mol. The normalized spacial score (nSPS) is 24.9. The van der Waals surface area contributed by atoms with Crippen LogP contribution in [-0.4, -0.2) is 41.2 Å². The van der Waals surface area contributed by atoms with E-state index in [1.807, 2.05) is 30.2 Å². The van der Waals surface area contributed by atoms with Crippen molar-refractivity contribution in [2.75, 3.05) is 6.61 Å². The van der Waals surface area contributed by atoms with E-state index in [-0.39, 0.29) is 24.3 Å². The Balaban J connectivity index is 1.97. The molecular formula is C17H18BrN3O4. The van der Waals surface area contributed by atoms with Gasteiger partial charge in [-0.2, -0.15) is 0 Å². The molecule has 0 aliphatic carbocycles. The molecule has 2 aliphatic heterocycles. The third-order valence-corrected chi connectivity index (χ3v) is 4.41. The first-order chi connectivity index (χ1) is 12.0. The van der Waals surface area contributed by atoms with Gasteiger partial charge in [-0.25, -0.2) is 14.8 Å². The number of nitrogens with zero attached hydrogens (tertiary/aromatic N) is 3. The summed E-state index contributed by atoms with van der Waals surface area (Å²) in [5.41, 5.74) is 0.948. The Hall–Kier alpha value is -2.35. The molecule has 2 heterocycles. The minimum Gasteiger partial charge on any atom is -0.508 e. The van der Waals surface area contributed by atoms with Gasteiger partial charge in [-0.15, -0.1) is 0 Å². The maximum Gasteiger partial charge on any atom is 0.510 e. The molecule has 7 nitrogen and oxygen atoms in total. The lowest BCUT2D eigenvalue weighted by atomic mass is 9.90. The molecule has 0 saturated heterocycles. The van der Waals surface area contributed by atoms with E-state index in [1.165, 1.54) is 0 Å². The van der Waals surface area contributed by atoms with Crippen molar-refractivity contribution >= 4 is 34.3 Å². The molecule has 1 aromatic carbocycles. The first-order valence-electron chi connectivity index (χ1n) is 7.89. The molecule has 0 spiro atoms. The van der Waals surface area contributed by atoms with E-state index in [2.05, 4.69) is 25.9 Å². The van der Waals surface area contributed by atoms with Crippen LogP contribution in [0.5, 0.6) is 5.75 Å². The molecule has 0 bridgehead atoms.